The van der Waals surface area contributed by atoms with Crippen molar-refractivity contribution in [1.29, 1.82) is 0 Å². The molecule has 6 heteroatoms. The van der Waals surface area contributed by atoms with Crippen molar-refractivity contribution < 1.29 is 23.1 Å². The molecule has 0 bridgehead atoms. The lowest BCUT2D eigenvalue weighted by atomic mass is 10.1. The summed E-state index contributed by atoms with van der Waals surface area (Å²) < 4.78 is 29.3. The number of hydrogen-bond acceptors (Lipinski definition) is 5. The molecule has 148 valence electrons. The molecule has 0 aliphatic carbocycles. The summed E-state index contributed by atoms with van der Waals surface area (Å²) in [6.07, 6.45) is 6.59. The quantitative estimate of drug-likeness (QED) is 0.316. The van der Waals surface area contributed by atoms with E-state index in [4.69, 9.17) is 13.9 Å². The fourth-order valence-electron chi connectivity index (χ4n) is 2.79. The highest BCUT2D eigenvalue weighted by Crippen LogP contribution is 2.23. The van der Waals surface area contributed by atoms with Gasteiger partial charge in [-0.1, -0.05) is 32.6 Å². The van der Waals surface area contributed by atoms with Crippen LogP contribution >= 0.6 is 0 Å². The average Bonchev–Trinajstić information content (AvgIpc) is 2.67. The van der Waals surface area contributed by atoms with E-state index in [9.17, 15) is 14.0 Å². The minimum absolute atomic E-state index is 0.139. The number of carbonyl (C=O) groups is 1. The topological polar surface area (TPSA) is 65.7 Å². The molecule has 27 heavy (non-hydrogen) atoms. The molecule has 1 heterocycles. The van der Waals surface area contributed by atoms with E-state index in [2.05, 4.69) is 0 Å². The van der Waals surface area contributed by atoms with Crippen molar-refractivity contribution in [1.82, 2.24) is 0 Å². The third kappa shape index (κ3) is 6.38. The van der Waals surface area contributed by atoms with Crippen LogP contribution in [0.2, 0.25) is 0 Å². The van der Waals surface area contributed by atoms with E-state index >= 15 is 0 Å². The molecule has 0 saturated carbocycles. The van der Waals surface area contributed by atoms with E-state index in [1.165, 1.54) is 0 Å². The maximum absolute atomic E-state index is 13.6. The van der Waals surface area contributed by atoms with E-state index in [0.717, 1.165) is 38.5 Å². The van der Waals surface area contributed by atoms with Crippen molar-refractivity contribution in [2.24, 2.45) is 0 Å². The molecule has 0 saturated heterocycles. The summed E-state index contributed by atoms with van der Waals surface area (Å²) in [5.41, 5.74) is -0.334. The van der Waals surface area contributed by atoms with Crippen molar-refractivity contribution >= 4 is 16.9 Å². The van der Waals surface area contributed by atoms with Crippen molar-refractivity contribution in [3.05, 3.63) is 40.0 Å². The Morgan fingerprint density at radius 3 is 2.44 bits per heavy atom. The normalized spacial score (nSPS) is 10.9. The first-order valence-corrected chi connectivity index (χ1v) is 9.54. The fraction of sp³-hybridized carbons (Fsp3) is 0.524. The van der Waals surface area contributed by atoms with Crippen LogP contribution in [0.3, 0.4) is 0 Å². The Balaban J connectivity index is 1.64. The summed E-state index contributed by atoms with van der Waals surface area (Å²) in [7, 11) is 0. The molecule has 2 aromatic rings. The van der Waals surface area contributed by atoms with Gasteiger partial charge in [-0.3, -0.25) is 4.79 Å². The highest BCUT2D eigenvalue weighted by Gasteiger charge is 2.11. The zero-order chi connectivity index (χ0) is 19.6. The van der Waals surface area contributed by atoms with Crippen LogP contribution in [0.15, 0.2) is 27.4 Å². The van der Waals surface area contributed by atoms with Crippen LogP contribution in [0.5, 0.6) is 5.75 Å². The average molecular weight is 378 g/mol. The number of rotatable bonds is 11. The van der Waals surface area contributed by atoms with Crippen LogP contribution in [0.4, 0.5) is 4.39 Å². The minimum atomic E-state index is -0.957. The molecule has 0 unspecified atom stereocenters. The van der Waals surface area contributed by atoms with Gasteiger partial charge in [0, 0.05) is 23.4 Å². The molecule has 0 radical (unpaired) electrons. The molecule has 0 aliphatic rings. The maximum atomic E-state index is 13.6. The number of fused-ring (bicyclic) bond motifs is 1. The zero-order valence-electron chi connectivity index (χ0n) is 16.0. The minimum Gasteiger partial charge on any atom is -0.493 e. The number of ether oxygens (including phenoxy) is 2. The third-order valence-corrected chi connectivity index (χ3v) is 4.43. The summed E-state index contributed by atoms with van der Waals surface area (Å²) in [6.45, 7) is 4.43. The van der Waals surface area contributed by atoms with Crippen LogP contribution in [-0.2, 0) is 9.53 Å². The third-order valence-electron chi connectivity index (χ3n) is 4.43. The van der Waals surface area contributed by atoms with Crippen LogP contribution in [0.25, 0.3) is 11.0 Å². The van der Waals surface area contributed by atoms with Gasteiger partial charge in [-0.15, -0.1) is 0 Å². The Kier molecular flexibility index (Phi) is 8.30. The van der Waals surface area contributed by atoms with Crippen molar-refractivity contribution in [2.45, 2.75) is 58.8 Å². The molecule has 0 amide bonds. The van der Waals surface area contributed by atoms with E-state index in [0.29, 0.717) is 36.4 Å². The van der Waals surface area contributed by atoms with Gasteiger partial charge in [-0.05, 0) is 31.9 Å². The first-order valence-electron chi connectivity index (χ1n) is 9.54. The molecular weight excluding hydrogens is 351 g/mol. The Hall–Kier alpha value is -2.37. The summed E-state index contributed by atoms with van der Waals surface area (Å²) in [6, 6.07) is 5.09. The Morgan fingerprint density at radius 1 is 1.07 bits per heavy atom. The monoisotopic (exact) mass is 378 g/mol. The summed E-state index contributed by atoms with van der Waals surface area (Å²) in [5.74, 6) is -0.380. The molecular formula is C21H27FO5. The lowest BCUT2D eigenvalue weighted by Crippen LogP contribution is -2.07. The standard InChI is InChI=1S/C21H27FO5/c1-3-19(23)26-13-9-7-5-4-6-8-12-25-16-10-11-17-15(2)20(22)21(24)27-18(17)14-16/h10-11,14H,3-9,12-13H2,1-2H3. The summed E-state index contributed by atoms with van der Waals surface area (Å²) in [5, 5.41) is 0.573. The van der Waals surface area contributed by atoms with Crippen LogP contribution in [-0.4, -0.2) is 19.2 Å². The lowest BCUT2D eigenvalue weighted by molar-refractivity contribution is -0.143. The zero-order valence-corrected chi connectivity index (χ0v) is 16.0. The molecule has 0 spiro atoms. The molecule has 0 aliphatic heterocycles. The highest BCUT2D eigenvalue weighted by atomic mass is 19.1. The maximum Gasteiger partial charge on any atom is 0.372 e. The van der Waals surface area contributed by atoms with Gasteiger partial charge in [0.05, 0.1) is 13.2 Å². The number of carbonyl (C=O) groups excluding carboxylic acids is 1. The van der Waals surface area contributed by atoms with Gasteiger partial charge in [0.25, 0.3) is 0 Å². The van der Waals surface area contributed by atoms with Gasteiger partial charge >= 0.3 is 11.6 Å². The second-order valence-electron chi connectivity index (χ2n) is 6.53. The van der Waals surface area contributed by atoms with E-state index < -0.39 is 11.4 Å². The second-order valence-corrected chi connectivity index (χ2v) is 6.53. The van der Waals surface area contributed by atoms with Crippen molar-refractivity contribution in [3.63, 3.8) is 0 Å². The van der Waals surface area contributed by atoms with E-state index in [1.54, 1.807) is 32.0 Å². The number of hydrogen-bond donors (Lipinski definition) is 0. The highest BCUT2D eigenvalue weighted by molar-refractivity contribution is 5.81. The van der Waals surface area contributed by atoms with Crippen molar-refractivity contribution in [3.8, 4) is 5.75 Å². The predicted octanol–water partition coefficient (Wildman–Crippen LogP) is 4.91. The number of benzene rings is 1. The molecule has 0 fully saturated rings. The van der Waals surface area contributed by atoms with Gasteiger partial charge in [0.2, 0.25) is 5.82 Å². The largest absolute Gasteiger partial charge is 0.493 e. The fourth-order valence-corrected chi connectivity index (χ4v) is 2.79. The Morgan fingerprint density at radius 2 is 1.74 bits per heavy atom. The number of unbranched alkanes of at least 4 members (excludes halogenated alkanes) is 5. The summed E-state index contributed by atoms with van der Waals surface area (Å²) >= 11 is 0. The Labute approximate surface area is 158 Å². The van der Waals surface area contributed by atoms with Crippen molar-refractivity contribution in [2.75, 3.05) is 13.2 Å². The molecule has 0 atom stereocenters. The molecule has 1 aromatic heterocycles. The lowest BCUT2D eigenvalue weighted by Gasteiger charge is -2.08. The van der Waals surface area contributed by atoms with Gasteiger partial charge in [-0.25, -0.2) is 4.79 Å². The van der Waals surface area contributed by atoms with E-state index in [-0.39, 0.29) is 11.5 Å². The molecule has 2 rings (SSSR count). The Bertz CT molecular complexity index is 812. The van der Waals surface area contributed by atoms with Crippen LogP contribution < -0.4 is 10.4 Å². The summed E-state index contributed by atoms with van der Waals surface area (Å²) in [4.78, 5) is 22.4. The molecule has 0 N–H and O–H groups in total. The smallest absolute Gasteiger partial charge is 0.372 e. The van der Waals surface area contributed by atoms with Gasteiger partial charge in [0.15, 0.2) is 0 Å². The first kappa shape index (κ1) is 20.9. The molecule has 5 nitrogen and oxygen atoms in total. The van der Waals surface area contributed by atoms with Crippen LogP contribution in [0, 0.1) is 12.7 Å². The number of halogens is 1. The van der Waals surface area contributed by atoms with Crippen LogP contribution in [0.1, 0.15) is 57.4 Å². The SMILES string of the molecule is CCC(=O)OCCCCCCCCOc1ccc2c(C)c(F)c(=O)oc2c1. The van der Waals surface area contributed by atoms with Gasteiger partial charge in [-0.2, -0.15) is 4.39 Å². The first-order chi connectivity index (χ1) is 13.0. The van der Waals surface area contributed by atoms with Gasteiger partial charge in [0.1, 0.15) is 11.3 Å². The number of esters is 1. The predicted molar refractivity (Wildman–Crippen MR) is 102 cm³/mol. The van der Waals surface area contributed by atoms with Gasteiger partial charge < -0.3 is 13.9 Å². The van der Waals surface area contributed by atoms with E-state index in [1.807, 2.05) is 0 Å². The number of aryl methyl sites for hydroxylation is 1. The second kappa shape index (κ2) is 10.7. The molecule has 1 aromatic carbocycles.